The van der Waals surface area contributed by atoms with E-state index in [9.17, 15) is 9.59 Å². The first-order chi connectivity index (χ1) is 13.5. The van der Waals surface area contributed by atoms with E-state index in [4.69, 9.17) is 4.74 Å². The van der Waals surface area contributed by atoms with Crippen molar-refractivity contribution in [3.05, 3.63) is 65.2 Å². The molecule has 5 nitrogen and oxygen atoms in total. The summed E-state index contributed by atoms with van der Waals surface area (Å²) in [6, 6.07) is 15.4. The number of methoxy groups -OCH3 is 1. The second kappa shape index (κ2) is 8.91. The highest BCUT2D eigenvalue weighted by Crippen LogP contribution is 2.34. The van der Waals surface area contributed by atoms with Gasteiger partial charge in [0.2, 0.25) is 5.91 Å². The molecule has 1 fully saturated rings. The van der Waals surface area contributed by atoms with Crippen LogP contribution >= 0.6 is 0 Å². The number of nitrogens with zero attached hydrogens (tertiary/aromatic N) is 1. The van der Waals surface area contributed by atoms with Gasteiger partial charge in [-0.3, -0.25) is 9.59 Å². The monoisotopic (exact) mass is 380 g/mol. The third-order valence-electron chi connectivity index (χ3n) is 5.32. The van der Waals surface area contributed by atoms with Gasteiger partial charge in [-0.1, -0.05) is 42.8 Å². The van der Waals surface area contributed by atoms with Gasteiger partial charge in [-0.25, -0.2) is 0 Å². The van der Waals surface area contributed by atoms with Crippen LogP contribution in [0.5, 0.6) is 5.75 Å². The normalized spacial score (nSPS) is 18.8. The first-order valence-electron chi connectivity index (χ1n) is 9.81. The molecule has 0 spiro atoms. The van der Waals surface area contributed by atoms with Gasteiger partial charge in [0.25, 0.3) is 5.91 Å². The van der Waals surface area contributed by atoms with E-state index in [1.807, 2.05) is 26.0 Å². The fraction of sp³-hybridized carbons (Fsp3) is 0.391. The Bertz CT molecular complexity index is 832. The maximum absolute atomic E-state index is 13.1. The molecule has 2 aromatic rings. The van der Waals surface area contributed by atoms with Crippen LogP contribution in [0.25, 0.3) is 0 Å². The molecule has 0 aromatic heterocycles. The van der Waals surface area contributed by atoms with Gasteiger partial charge < -0.3 is 15.0 Å². The van der Waals surface area contributed by atoms with Crippen LogP contribution in [0.1, 0.15) is 40.7 Å². The number of aryl methyl sites for hydroxylation is 1. The Morgan fingerprint density at radius 3 is 2.57 bits per heavy atom. The van der Waals surface area contributed by atoms with Gasteiger partial charge in [-0.15, -0.1) is 0 Å². The minimum atomic E-state index is -0.246. The molecule has 1 aliphatic heterocycles. The molecule has 0 bridgehead atoms. The van der Waals surface area contributed by atoms with Crippen molar-refractivity contribution in [2.75, 3.05) is 26.7 Å². The summed E-state index contributed by atoms with van der Waals surface area (Å²) in [5.41, 5.74) is 2.86. The second-order valence-electron chi connectivity index (χ2n) is 7.36. The van der Waals surface area contributed by atoms with Crippen LogP contribution in [0.4, 0.5) is 0 Å². The van der Waals surface area contributed by atoms with Crippen molar-refractivity contribution in [2.45, 2.75) is 26.2 Å². The molecule has 2 amide bonds. The van der Waals surface area contributed by atoms with E-state index in [-0.39, 0.29) is 23.7 Å². The molecule has 28 heavy (non-hydrogen) atoms. The maximum atomic E-state index is 13.1. The zero-order valence-corrected chi connectivity index (χ0v) is 16.8. The maximum Gasteiger partial charge on any atom is 0.254 e. The summed E-state index contributed by atoms with van der Waals surface area (Å²) in [4.78, 5) is 27.6. The highest BCUT2D eigenvalue weighted by atomic mass is 16.5. The summed E-state index contributed by atoms with van der Waals surface area (Å²) in [5, 5.41) is 3.01. The standard InChI is InChI=1S/C23H28N2O3/c1-4-12-24-22(26)21-15-25(14-20(21)17-10-8-16(2)9-11-17)23(27)18-6-5-7-19(13-18)28-3/h5-11,13,20-21H,4,12,14-15H2,1-3H3,(H,24,26). The Kier molecular flexibility index (Phi) is 6.34. The highest BCUT2D eigenvalue weighted by molar-refractivity contribution is 5.95. The van der Waals surface area contributed by atoms with Crippen LogP contribution in [-0.4, -0.2) is 43.5 Å². The lowest BCUT2D eigenvalue weighted by Crippen LogP contribution is -2.36. The van der Waals surface area contributed by atoms with Gasteiger partial charge in [-0.05, 0) is 37.1 Å². The van der Waals surface area contributed by atoms with Gasteiger partial charge >= 0.3 is 0 Å². The average Bonchev–Trinajstić information content (AvgIpc) is 3.17. The van der Waals surface area contributed by atoms with Crippen molar-refractivity contribution < 1.29 is 14.3 Å². The van der Waals surface area contributed by atoms with Gasteiger partial charge in [-0.2, -0.15) is 0 Å². The number of carbonyl (C=O) groups is 2. The molecule has 0 saturated carbocycles. The van der Waals surface area contributed by atoms with Gasteiger partial charge in [0, 0.05) is 31.1 Å². The number of nitrogens with one attached hydrogen (secondary N) is 1. The molecule has 1 aliphatic rings. The number of benzene rings is 2. The van der Waals surface area contributed by atoms with Crippen molar-refractivity contribution >= 4 is 11.8 Å². The van der Waals surface area contributed by atoms with Crippen LogP contribution in [-0.2, 0) is 4.79 Å². The molecule has 2 aromatic carbocycles. The number of carbonyl (C=O) groups excluding carboxylic acids is 2. The predicted molar refractivity (Wildman–Crippen MR) is 110 cm³/mol. The smallest absolute Gasteiger partial charge is 0.254 e. The molecule has 0 aliphatic carbocycles. The van der Waals surface area contributed by atoms with Crippen molar-refractivity contribution in [3.8, 4) is 5.75 Å². The molecule has 3 rings (SSSR count). The Morgan fingerprint density at radius 1 is 1.14 bits per heavy atom. The SMILES string of the molecule is CCCNC(=O)C1CN(C(=O)c2cccc(OC)c2)CC1c1ccc(C)cc1. The second-order valence-corrected chi connectivity index (χ2v) is 7.36. The summed E-state index contributed by atoms with van der Waals surface area (Å²) in [6.07, 6.45) is 0.889. The number of hydrogen-bond donors (Lipinski definition) is 1. The zero-order valence-electron chi connectivity index (χ0n) is 16.8. The Hall–Kier alpha value is -2.82. The van der Waals surface area contributed by atoms with Crippen molar-refractivity contribution in [3.63, 3.8) is 0 Å². The number of hydrogen-bond acceptors (Lipinski definition) is 3. The van der Waals surface area contributed by atoms with E-state index in [0.717, 1.165) is 12.0 Å². The minimum absolute atomic E-state index is 0.00739. The lowest BCUT2D eigenvalue weighted by Gasteiger charge is -2.18. The fourth-order valence-corrected chi connectivity index (χ4v) is 3.70. The minimum Gasteiger partial charge on any atom is -0.497 e. The van der Waals surface area contributed by atoms with Gasteiger partial charge in [0.15, 0.2) is 0 Å². The molecule has 2 unspecified atom stereocenters. The van der Waals surface area contributed by atoms with E-state index in [1.54, 1.807) is 24.1 Å². The summed E-state index contributed by atoms with van der Waals surface area (Å²) < 4.78 is 5.24. The molecule has 1 saturated heterocycles. The van der Waals surface area contributed by atoms with Gasteiger partial charge in [0.05, 0.1) is 13.0 Å². The number of likely N-dealkylation sites (tertiary alicyclic amines) is 1. The Balaban J connectivity index is 1.84. The van der Waals surface area contributed by atoms with Gasteiger partial charge in [0.1, 0.15) is 5.75 Å². The van der Waals surface area contributed by atoms with Crippen LogP contribution in [0.15, 0.2) is 48.5 Å². The lowest BCUT2D eigenvalue weighted by molar-refractivity contribution is -0.124. The molecule has 148 valence electrons. The van der Waals surface area contributed by atoms with Crippen LogP contribution in [0.2, 0.25) is 0 Å². The molecule has 2 atom stereocenters. The number of rotatable bonds is 6. The largest absolute Gasteiger partial charge is 0.497 e. The topological polar surface area (TPSA) is 58.6 Å². The first kappa shape index (κ1) is 19.9. The number of ether oxygens (including phenoxy) is 1. The average molecular weight is 380 g/mol. The van der Waals surface area contributed by atoms with Crippen LogP contribution in [0, 0.1) is 12.8 Å². The number of amides is 2. The first-order valence-corrected chi connectivity index (χ1v) is 9.81. The third kappa shape index (κ3) is 4.35. The summed E-state index contributed by atoms with van der Waals surface area (Å²) >= 11 is 0. The molecular weight excluding hydrogens is 352 g/mol. The van der Waals surface area contributed by atoms with E-state index >= 15 is 0 Å². The summed E-state index contributed by atoms with van der Waals surface area (Å²) in [6.45, 7) is 5.68. The molecule has 1 N–H and O–H groups in total. The van der Waals surface area contributed by atoms with Crippen molar-refractivity contribution in [1.29, 1.82) is 0 Å². The van der Waals surface area contributed by atoms with Crippen LogP contribution in [0.3, 0.4) is 0 Å². The Morgan fingerprint density at radius 2 is 1.89 bits per heavy atom. The molecule has 5 heteroatoms. The highest BCUT2D eigenvalue weighted by Gasteiger charge is 2.40. The predicted octanol–water partition coefficient (Wildman–Crippen LogP) is 3.39. The quantitative estimate of drug-likeness (QED) is 0.836. The van der Waals surface area contributed by atoms with E-state index in [1.165, 1.54) is 5.56 Å². The van der Waals surface area contributed by atoms with Crippen LogP contribution < -0.4 is 10.1 Å². The van der Waals surface area contributed by atoms with Crippen molar-refractivity contribution in [1.82, 2.24) is 10.2 Å². The van der Waals surface area contributed by atoms with E-state index in [2.05, 4.69) is 29.6 Å². The summed E-state index contributed by atoms with van der Waals surface area (Å²) in [7, 11) is 1.58. The van der Waals surface area contributed by atoms with E-state index in [0.29, 0.717) is 30.9 Å². The zero-order chi connectivity index (χ0) is 20.1. The fourth-order valence-electron chi connectivity index (χ4n) is 3.70. The van der Waals surface area contributed by atoms with E-state index < -0.39 is 0 Å². The lowest BCUT2D eigenvalue weighted by atomic mass is 9.88. The molecule has 0 radical (unpaired) electrons. The molecule has 1 heterocycles. The Labute approximate surface area is 166 Å². The summed E-state index contributed by atoms with van der Waals surface area (Å²) in [5.74, 6) is 0.350. The molecular formula is C23H28N2O3. The third-order valence-corrected chi connectivity index (χ3v) is 5.32. The van der Waals surface area contributed by atoms with Crippen molar-refractivity contribution in [2.24, 2.45) is 5.92 Å².